The third-order valence-electron chi connectivity index (χ3n) is 4.59. The van der Waals surface area contributed by atoms with Crippen molar-refractivity contribution in [1.82, 2.24) is 9.88 Å². The molecule has 0 fully saturated rings. The van der Waals surface area contributed by atoms with E-state index < -0.39 is 0 Å². The number of aromatic amines is 1. The molecule has 3 heteroatoms. The van der Waals surface area contributed by atoms with Crippen LogP contribution in [0.3, 0.4) is 0 Å². The Morgan fingerprint density at radius 2 is 2.00 bits per heavy atom. The van der Waals surface area contributed by atoms with Crippen molar-refractivity contribution in [2.24, 2.45) is 0 Å². The molecule has 0 saturated heterocycles. The summed E-state index contributed by atoms with van der Waals surface area (Å²) in [5.74, 6) is 1.30. The number of likely N-dealkylation sites (N-methyl/N-ethyl adjacent to an activating group) is 1. The molecule has 0 saturated carbocycles. The summed E-state index contributed by atoms with van der Waals surface area (Å²) in [5, 5.41) is 1.21. The van der Waals surface area contributed by atoms with Gasteiger partial charge in [-0.25, -0.2) is 0 Å². The quantitative estimate of drug-likeness (QED) is 0.779. The highest BCUT2D eigenvalue weighted by atomic mass is 16.5. The predicted molar refractivity (Wildman–Crippen MR) is 89.5 cm³/mol. The highest BCUT2D eigenvalue weighted by Crippen LogP contribution is 2.34. The fraction of sp³-hybridized carbons (Fsp3) is 0.263. The van der Waals surface area contributed by atoms with Crippen LogP contribution in [0.1, 0.15) is 22.7 Å². The molecule has 1 unspecified atom stereocenters. The first-order valence-corrected chi connectivity index (χ1v) is 7.67. The second kappa shape index (κ2) is 5.18. The van der Waals surface area contributed by atoms with Gasteiger partial charge in [-0.3, -0.25) is 0 Å². The molecular weight excluding hydrogens is 272 g/mol. The first kappa shape index (κ1) is 13.4. The molecular formula is C19H20N2O. The van der Waals surface area contributed by atoms with Crippen LogP contribution in [0.15, 0.2) is 48.5 Å². The Morgan fingerprint density at radius 1 is 1.14 bits per heavy atom. The molecule has 4 rings (SSSR count). The molecule has 2 aromatic carbocycles. The summed E-state index contributed by atoms with van der Waals surface area (Å²) < 4.78 is 5.33. The smallest absolute Gasteiger partial charge is 0.119 e. The van der Waals surface area contributed by atoms with Gasteiger partial charge in [-0.05, 0) is 42.4 Å². The van der Waals surface area contributed by atoms with E-state index in [4.69, 9.17) is 4.74 Å². The van der Waals surface area contributed by atoms with Crippen molar-refractivity contribution < 1.29 is 4.74 Å². The van der Waals surface area contributed by atoms with Gasteiger partial charge in [0, 0.05) is 35.6 Å². The molecule has 0 bridgehead atoms. The van der Waals surface area contributed by atoms with Crippen molar-refractivity contribution in [3.63, 3.8) is 0 Å². The Morgan fingerprint density at radius 3 is 2.86 bits per heavy atom. The Bertz CT molecular complexity index is 821. The predicted octanol–water partition coefficient (Wildman–Crippen LogP) is 3.75. The van der Waals surface area contributed by atoms with Crippen LogP contribution in [0.4, 0.5) is 0 Å². The standard InChI is InChI=1S/C19H20N2O/c1-21-11-13-5-3-4-6-16(13)17(12-21)19-10-14-9-15(22-2)7-8-18(14)20-19/h3-10,17,20H,11-12H2,1-2H3. The van der Waals surface area contributed by atoms with Gasteiger partial charge in [0.1, 0.15) is 5.75 Å². The van der Waals surface area contributed by atoms with Gasteiger partial charge in [-0.2, -0.15) is 0 Å². The van der Waals surface area contributed by atoms with E-state index in [1.54, 1.807) is 7.11 Å². The lowest BCUT2D eigenvalue weighted by Crippen LogP contribution is -2.31. The van der Waals surface area contributed by atoms with Crippen molar-refractivity contribution in [1.29, 1.82) is 0 Å². The topological polar surface area (TPSA) is 28.3 Å². The van der Waals surface area contributed by atoms with Crippen molar-refractivity contribution in [2.75, 3.05) is 20.7 Å². The first-order valence-electron chi connectivity index (χ1n) is 7.67. The van der Waals surface area contributed by atoms with Crippen molar-refractivity contribution >= 4 is 10.9 Å². The zero-order valence-electron chi connectivity index (χ0n) is 13.0. The fourth-order valence-corrected chi connectivity index (χ4v) is 3.50. The molecule has 3 aromatic rings. The summed E-state index contributed by atoms with van der Waals surface area (Å²) in [4.78, 5) is 5.98. The van der Waals surface area contributed by atoms with E-state index in [0.717, 1.165) is 18.8 Å². The average Bonchev–Trinajstić information content (AvgIpc) is 2.96. The van der Waals surface area contributed by atoms with Crippen LogP contribution in [0.5, 0.6) is 5.75 Å². The Kier molecular flexibility index (Phi) is 3.16. The van der Waals surface area contributed by atoms with Crippen molar-refractivity contribution in [3.05, 3.63) is 65.4 Å². The summed E-state index contributed by atoms with van der Waals surface area (Å²) in [6.45, 7) is 2.07. The van der Waals surface area contributed by atoms with E-state index in [1.807, 2.05) is 6.07 Å². The van der Waals surface area contributed by atoms with E-state index in [9.17, 15) is 0 Å². The number of fused-ring (bicyclic) bond motifs is 2. The highest BCUT2D eigenvalue weighted by molar-refractivity contribution is 5.82. The maximum Gasteiger partial charge on any atom is 0.119 e. The number of nitrogens with one attached hydrogen (secondary N) is 1. The summed E-state index contributed by atoms with van der Waals surface area (Å²) in [5.41, 5.74) is 5.32. The van der Waals surface area contributed by atoms with Gasteiger partial charge in [-0.1, -0.05) is 24.3 Å². The van der Waals surface area contributed by atoms with Gasteiger partial charge < -0.3 is 14.6 Å². The maximum atomic E-state index is 5.33. The molecule has 0 spiro atoms. The Hall–Kier alpha value is -2.26. The van der Waals surface area contributed by atoms with Crippen LogP contribution in [-0.4, -0.2) is 30.6 Å². The number of H-pyrrole nitrogens is 1. The molecule has 1 atom stereocenters. The summed E-state index contributed by atoms with van der Waals surface area (Å²) in [6.07, 6.45) is 0. The molecule has 1 N–H and O–H groups in total. The van der Waals surface area contributed by atoms with E-state index in [-0.39, 0.29) is 0 Å². The Balaban J connectivity index is 1.81. The van der Waals surface area contributed by atoms with Crippen LogP contribution in [0.25, 0.3) is 10.9 Å². The second-order valence-corrected chi connectivity index (χ2v) is 6.13. The molecule has 3 nitrogen and oxygen atoms in total. The van der Waals surface area contributed by atoms with Gasteiger partial charge >= 0.3 is 0 Å². The number of hydrogen-bond donors (Lipinski definition) is 1. The van der Waals surface area contributed by atoms with Crippen LogP contribution in [0, 0.1) is 0 Å². The molecule has 2 heterocycles. The number of ether oxygens (including phenoxy) is 1. The number of hydrogen-bond acceptors (Lipinski definition) is 2. The van der Waals surface area contributed by atoms with Gasteiger partial charge in [0.15, 0.2) is 0 Å². The number of rotatable bonds is 2. The third kappa shape index (κ3) is 2.18. The zero-order chi connectivity index (χ0) is 15.1. The third-order valence-corrected chi connectivity index (χ3v) is 4.59. The summed E-state index contributed by atoms with van der Waals surface area (Å²) in [7, 11) is 3.90. The molecule has 1 aliphatic rings. The highest BCUT2D eigenvalue weighted by Gasteiger charge is 2.25. The monoisotopic (exact) mass is 292 g/mol. The number of nitrogens with zero attached hydrogens (tertiary/aromatic N) is 1. The minimum atomic E-state index is 0.397. The van der Waals surface area contributed by atoms with E-state index in [0.29, 0.717) is 5.92 Å². The van der Waals surface area contributed by atoms with Crippen LogP contribution in [0.2, 0.25) is 0 Å². The normalized spacial score (nSPS) is 18.4. The number of benzene rings is 2. The molecule has 112 valence electrons. The van der Waals surface area contributed by atoms with Crippen LogP contribution < -0.4 is 4.74 Å². The zero-order valence-corrected chi connectivity index (χ0v) is 13.0. The molecule has 0 radical (unpaired) electrons. The second-order valence-electron chi connectivity index (χ2n) is 6.13. The summed E-state index contributed by atoms with van der Waals surface area (Å²) >= 11 is 0. The average molecular weight is 292 g/mol. The lowest BCUT2D eigenvalue weighted by Gasteiger charge is -2.31. The molecule has 22 heavy (non-hydrogen) atoms. The van der Waals surface area contributed by atoms with Crippen molar-refractivity contribution in [3.8, 4) is 5.75 Å². The maximum absolute atomic E-state index is 5.33. The first-order chi connectivity index (χ1) is 10.7. The molecule has 1 aromatic heterocycles. The van der Waals surface area contributed by atoms with E-state index in [2.05, 4.69) is 59.4 Å². The van der Waals surface area contributed by atoms with Gasteiger partial charge in [-0.15, -0.1) is 0 Å². The minimum absolute atomic E-state index is 0.397. The Labute approximate surface area is 130 Å². The van der Waals surface area contributed by atoms with Gasteiger partial charge in [0.2, 0.25) is 0 Å². The van der Waals surface area contributed by atoms with E-state index >= 15 is 0 Å². The largest absolute Gasteiger partial charge is 0.497 e. The molecule has 1 aliphatic heterocycles. The van der Waals surface area contributed by atoms with Crippen LogP contribution in [-0.2, 0) is 6.54 Å². The SMILES string of the molecule is COc1ccc2[nH]c(C3CN(C)Cc4ccccc43)cc2c1. The van der Waals surface area contributed by atoms with E-state index in [1.165, 1.54) is 27.7 Å². The van der Waals surface area contributed by atoms with Gasteiger partial charge in [0.25, 0.3) is 0 Å². The minimum Gasteiger partial charge on any atom is -0.497 e. The number of aromatic nitrogens is 1. The van der Waals surface area contributed by atoms with Crippen LogP contribution >= 0.6 is 0 Å². The van der Waals surface area contributed by atoms with Crippen molar-refractivity contribution in [2.45, 2.75) is 12.5 Å². The summed E-state index contributed by atoms with van der Waals surface area (Å²) in [6, 6.07) is 17.2. The molecule has 0 amide bonds. The lowest BCUT2D eigenvalue weighted by atomic mass is 9.88. The number of methoxy groups -OCH3 is 1. The fourth-order valence-electron chi connectivity index (χ4n) is 3.50. The lowest BCUT2D eigenvalue weighted by molar-refractivity contribution is 0.294. The van der Waals surface area contributed by atoms with Gasteiger partial charge in [0.05, 0.1) is 7.11 Å². The molecule has 0 aliphatic carbocycles.